The van der Waals surface area contributed by atoms with E-state index in [9.17, 15) is 13.2 Å². The van der Waals surface area contributed by atoms with Gasteiger partial charge >= 0.3 is 6.18 Å². The number of rotatable bonds is 4. The van der Waals surface area contributed by atoms with Gasteiger partial charge in [-0.25, -0.2) is 4.98 Å². The van der Waals surface area contributed by atoms with E-state index in [2.05, 4.69) is 57.3 Å². The summed E-state index contributed by atoms with van der Waals surface area (Å²) in [5.74, 6) is -0.246. The number of nitrogens with zero attached hydrogens (tertiary/aromatic N) is 2. The third-order valence-corrected chi connectivity index (χ3v) is 4.74. The largest absolute Gasteiger partial charge is 0.421 e. The predicted octanol–water partition coefficient (Wildman–Crippen LogP) is 7.04. The Morgan fingerprint density at radius 3 is 1.93 bits per heavy atom. The number of halogens is 4. The second-order valence-electron chi connectivity index (χ2n) is 7.54. The van der Waals surface area contributed by atoms with Crippen LogP contribution in [0.3, 0.4) is 0 Å². The number of benzene rings is 2. The molecule has 1 heterocycles. The van der Waals surface area contributed by atoms with Gasteiger partial charge < -0.3 is 10.6 Å². The highest BCUT2D eigenvalue weighted by Crippen LogP contribution is 2.35. The molecule has 0 spiro atoms. The van der Waals surface area contributed by atoms with Crippen LogP contribution in [0.1, 0.15) is 31.9 Å². The van der Waals surface area contributed by atoms with Crippen LogP contribution in [-0.2, 0) is 11.6 Å². The first-order chi connectivity index (χ1) is 13.5. The lowest BCUT2D eigenvalue weighted by Crippen LogP contribution is -2.13. The van der Waals surface area contributed by atoms with Crippen LogP contribution >= 0.6 is 15.9 Å². The molecule has 2 N–H and O–H groups in total. The van der Waals surface area contributed by atoms with Crippen LogP contribution in [0.25, 0.3) is 0 Å². The molecule has 0 aliphatic rings. The second-order valence-corrected chi connectivity index (χ2v) is 8.45. The summed E-state index contributed by atoms with van der Waals surface area (Å²) in [7, 11) is 0. The first-order valence-electron chi connectivity index (χ1n) is 8.87. The van der Waals surface area contributed by atoms with Gasteiger partial charge in [0.05, 0.1) is 0 Å². The van der Waals surface area contributed by atoms with Gasteiger partial charge in [-0.15, -0.1) is 0 Å². The van der Waals surface area contributed by atoms with Crippen LogP contribution < -0.4 is 10.6 Å². The highest BCUT2D eigenvalue weighted by Gasteiger charge is 2.35. The molecule has 4 nitrogen and oxygen atoms in total. The summed E-state index contributed by atoms with van der Waals surface area (Å²) in [4.78, 5) is 7.88. The maximum Gasteiger partial charge on any atom is 0.421 e. The molecule has 0 amide bonds. The van der Waals surface area contributed by atoms with Gasteiger partial charge in [-0.05, 0) is 47.4 Å². The molecule has 3 rings (SSSR count). The Morgan fingerprint density at radius 2 is 1.38 bits per heavy atom. The lowest BCUT2D eigenvalue weighted by molar-refractivity contribution is -0.137. The average molecular weight is 465 g/mol. The number of aromatic nitrogens is 2. The SMILES string of the molecule is CC(C)(C)c1ccc(Nc2nc(Nc3ccc(Br)cc3)ncc2C(F)(F)F)cc1. The second kappa shape index (κ2) is 8.02. The standard InChI is InChI=1S/C21H20BrF3N4/c1-20(2,3)13-4-8-15(9-5-13)27-18-17(21(23,24)25)12-26-19(29-18)28-16-10-6-14(22)7-11-16/h4-12H,1-3H3,(H2,26,27,28,29). The van der Waals surface area contributed by atoms with E-state index in [4.69, 9.17) is 0 Å². The van der Waals surface area contributed by atoms with Crippen molar-refractivity contribution < 1.29 is 13.2 Å². The zero-order valence-corrected chi connectivity index (χ0v) is 17.7. The number of hydrogen-bond acceptors (Lipinski definition) is 4. The lowest BCUT2D eigenvalue weighted by atomic mass is 9.87. The summed E-state index contributed by atoms with van der Waals surface area (Å²) in [5, 5.41) is 5.69. The normalized spacial score (nSPS) is 12.0. The number of anilines is 4. The highest BCUT2D eigenvalue weighted by atomic mass is 79.9. The van der Waals surface area contributed by atoms with E-state index >= 15 is 0 Å². The van der Waals surface area contributed by atoms with Gasteiger partial charge in [0.25, 0.3) is 0 Å². The monoisotopic (exact) mass is 464 g/mol. The topological polar surface area (TPSA) is 49.8 Å². The van der Waals surface area contributed by atoms with Crippen LogP contribution in [0.2, 0.25) is 0 Å². The number of hydrogen-bond donors (Lipinski definition) is 2. The molecular formula is C21H20BrF3N4. The molecule has 1 aromatic heterocycles. The predicted molar refractivity (Wildman–Crippen MR) is 113 cm³/mol. The van der Waals surface area contributed by atoms with E-state index < -0.39 is 11.7 Å². The van der Waals surface area contributed by atoms with Crippen molar-refractivity contribution in [3.05, 3.63) is 70.3 Å². The molecule has 29 heavy (non-hydrogen) atoms. The minimum Gasteiger partial charge on any atom is -0.340 e. The Balaban J connectivity index is 1.91. The molecule has 0 saturated carbocycles. The fraction of sp³-hybridized carbons (Fsp3) is 0.238. The van der Waals surface area contributed by atoms with Crippen LogP contribution in [0.5, 0.6) is 0 Å². The minimum absolute atomic E-state index is 0.0493. The van der Waals surface area contributed by atoms with Crippen molar-refractivity contribution in [2.24, 2.45) is 0 Å². The molecule has 0 bridgehead atoms. The van der Waals surface area contributed by atoms with Gasteiger partial charge in [-0.1, -0.05) is 48.8 Å². The third-order valence-electron chi connectivity index (χ3n) is 4.21. The molecule has 0 aliphatic heterocycles. The molecule has 0 atom stereocenters. The molecule has 0 unspecified atom stereocenters. The van der Waals surface area contributed by atoms with Gasteiger partial charge in [0, 0.05) is 22.0 Å². The van der Waals surface area contributed by atoms with E-state index in [1.54, 1.807) is 24.3 Å². The molecule has 3 aromatic rings. The van der Waals surface area contributed by atoms with Crippen LogP contribution in [0.15, 0.2) is 59.2 Å². The van der Waals surface area contributed by atoms with E-state index in [1.165, 1.54) is 0 Å². The van der Waals surface area contributed by atoms with Crippen molar-refractivity contribution in [3.8, 4) is 0 Å². The molecule has 152 valence electrons. The molecule has 0 saturated heterocycles. The summed E-state index contributed by atoms with van der Waals surface area (Å²) >= 11 is 3.33. The summed E-state index contributed by atoms with van der Waals surface area (Å²) < 4.78 is 41.2. The Labute approximate surface area is 175 Å². The summed E-state index contributed by atoms with van der Waals surface area (Å²) in [6.45, 7) is 6.21. The van der Waals surface area contributed by atoms with Crippen LogP contribution in [0.4, 0.5) is 36.3 Å². The third kappa shape index (κ3) is 5.47. The maximum atomic E-state index is 13.4. The Hall–Kier alpha value is -2.61. The average Bonchev–Trinajstić information content (AvgIpc) is 2.62. The quantitative estimate of drug-likeness (QED) is 0.434. The molecular weight excluding hydrogens is 445 g/mol. The van der Waals surface area contributed by atoms with Crippen molar-refractivity contribution in [2.75, 3.05) is 10.6 Å². The summed E-state index contributed by atoms with van der Waals surface area (Å²) in [6.07, 6.45) is -3.80. The van der Waals surface area contributed by atoms with Gasteiger partial charge in [0.1, 0.15) is 11.4 Å². The van der Waals surface area contributed by atoms with Crippen molar-refractivity contribution in [1.29, 1.82) is 0 Å². The maximum absolute atomic E-state index is 13.4. The fourth-order valence-corrected chi connectivity index (χ4v) is 2.86. The van der Waals surface area contributed by atoms with Crippen molar-refractivity contribution >= 4 is 39.1 Å². The summed E-state index contributed by atoms with van der Waals surface area (Å²) in [5.41, 5.74) is 1.27. The fourth-order valence-electron chi connectivity index (χ4n) is 2.60. The molecule has 0 radical (unpaired) electrons. The number of alkyl halides is 3. The Morgan fingerprint density at radius 1 is 0.828 bits per heavy atom. The Kier molecular flexibility index (Phi) is 5.84. The zero-order valence-electron chi connectivity index (χ0n) is 16.1. The smallest absolute Gasteiger partial charge is 0.340 e. The summed E-state index contributed by atoms with van der Waals surface area (Å²) in [6, 6.07) is 14.4. The first kappa shape index (κ1) is 21.1. The van der Waals surface area contributed by atoms with E-state index in [-0.39, 0.29) is 17.2 Å². The van der Waals surface area contributed by atoms with Gasteiger partial charge in [-0.2, -0.15) is 18.2 Å². The highest BCUT2D eigenvalue weighted by molar-refractivity contribution is 9.10. The van der Waals surface area contributed by atoms with Crippen molar-refractivity contribution in [1.82, 2.24) is 9.97 Å². The molecule has 0 aliphatic carbocycles. The molecule has 0 fully saturated rings. The van der Waals surface area contributed by atoms with Crippen LogP contribution in [-0.4, -0.2) is 9.97 Å². The minimum atomic E-state index is -4.58. The van der Waals surface area contributed by atoms with Crippen molar-refractivity contribution in [2.45, 2.75) is 32.4 Å². The van der Waals surface area contributed by atoms with E-state index in [1.807, 2.05) is 24.3 Å². The van der Waals surface area contributed by atoms with E-state index in [0.717, 1.165) is 16.2 Å². The lowest BCUT2D eigenvalue weighted by Gasteiger charge is -2.20. The van der Waals surface area contributed by atoms with Gasteiger partial charge in [0.2, 0.25) is 5.95 Å². The van der Waals surface area contributed by atoms with Crippen LogP contribution in [0, 0.1) is 0 Å². The number of nitrogens with one attached hydrogen (secondary N) is 2. The van der Waals surface area contributed by atoms with Crippen molar-refractivity contribution in [3.63, 3.8) is 0 Å². The first-order valence-corrected chi connectivity index (χ1v) is 9.66. The Bertz CT molecular complexity index is 979. The molecule has 2 aromatic carbocycles. The van der Waals surface area contributed by atoms with E-state index in [0.29, 0.717) is 11.4 Å². The van der Waals surface area contributed by atoms with Gasteiger partial charge in [0.15, 0.2) is 0 Å². The zero-order chi connectivity index (χ0) is 21.2. The molecule has 8 heteroatoms. The van der Waals surface area contributed by atoms with Gasteiger partial charge in [-0.3, -0.25) is 0 Å².